The molecular weight excluding hydrogens is 382 g/mol. The summed E-state index contributed by atoms with van der Waals surface area (Å²) < 4.78 is 27.2. The molecule has 0 aliphatic heterocycles. The van der Waals surface area contributed by atoms with Gasteiger partial charge in [0.1, 0.15) is 0 Å². The number of fused-ring (bicyclic) bond motifs is 1. The van der Waals surface area contributed by atoms with Crippen LogP contribution in [0.5, 0.6) is 0 Å². The summed E-state index contributed by atoms with van der Waals surface area (Å²) in [5.74, 6) is -0.449. The van der Waals surface area contributed by atoms with E-state index in [2.05, 4.69) is 16.9 Å². The second-order valence-electron chi connectivity index (χ2n) is 5.92. The number of nitrogens with one attached hydrogen (secondary N) is 1. The van der Waals surface area contributed by atoms with Crippen LogP contribution in [0.25, 0.3) is 10.8 Å². The molecule has 0 unspecified atom stereocenters. The van der Waals surface area contributed by atoms with Crippen molar-refractivity contribution in [3.8, 4) is 0 Å². The molecule has 0 aliphatic rings. The van der Waals surface area contributed by atoms with Gasteiger partial charge in [-0.25, -0.2) is 13.4 Å². The van der Waals surface area contributed by atoms with Crippen LogP contribution in [0.3, 0.4) is 0 Å². The number of thiazole rings is 1. The van der Waals surface area contributed by atoms with Crippen molar-refractivity contribution < 1.29 is 13.2 Å². The fourth-order valence-electron chi connectivity index (χ4n) is 2.60. The van der Waals surface area contributed by atoms with Gasteiger partial charge in [0.15, 0.2) is 5.13 Å². The van der Waals surface area contributed by atoms with Crippen LogP contribution in [-0.4, -0.2) is 36.7 Å². The first kappa shape index (κ1) is 19.2. The molecule has 1 heterocycles. The quantitative estimate of drug-likeness (QED) is 0.615. The van der Waals surface area contributed by atoms with Crippen LogP contribution in [0.15, 0.2) is 66.2 Å². The second-order valence-corrected chi connectivity index (χ2v) is 9.09. The fourth-order valence-corrected chi connectivity index (χ4v) is 4.68. The van der Waals surface area contributed by atoms with E-state index in [-0.39, 0.29) is 18.0 Å². The third kappa shape index (κ3) is 4.41. The van der Waals surface area contributed by atoms with E-state index in [9.17, 15) is 13.2 Å². The molecule has 0 saturated heterocycles. The molecule has 3 aromatic rings. The molecule has 0 saturated carbocycles. The van der Waals surface area contributed by atoms with Crippen LogP contribution in [0.1, 0.15) is 4.88 Å². The van der Waals surface area contributed by atoms with Gasteiger partial charge in [-0.15, -0.1) is 17.9 Å². The molecule has 8 heteroatoms. The molecule has 0 fully saturated rings. The van der Waals surface area contributed by atoms with Crippen molar-refractivity contribution in [2.45, 2.75) is 11.8 Å². The normalized spacial score (nSPS) is 11.6. The highest BCUT2D eigenvalue weighted by molar-refractivity contribution is 7.89. The molecule has 1 N–H and O–H groups in total. The van der Waals surface area contributed by atoms with Crippen LogP contribution in [-0.2, 0) is 14.8 Å². The highest BCUT2D eigenvalue weighted by Gasteiger charge is 2.26. The van der Waals surface area contributed by atoms with Gasteiger partial charge in [0, 0.05) is 17.6 Å². The molecule has 1 aromatic heterocycles. The third-order valence-corrected chi connectivity index (χ3v) is 6.51. The van der Waals surface area contributed by atoms with Gasteiger partial charge in [0.25, 0.3) is 0 Å². The molecule has 140 valence electrons. The van der Waals surface area contributed by atoms with E-state index < -0.39 is 15.9 Å². The van der Waals surface area contributed by atoms with Crippen LogP contribution in [0, 0.1) is 6.92 Å². The van der Waals surface area contributed by atoms with Gasteiger partial charge >= 0.3 is 0 Å². The minimum absolute atomic E-state index is 0.0273. The minimum Gasteiger partial charge on any atom is -0.301 e. The Kier molecular flexibility index (Phi) is 5.69. The first-order valence-electron chi connectivity index (χ1n) is 8.22. The number of rotatable bonds is 7. The Labute approximate surface area is 162 Å². The fraction of sp³-hybridized carbons (Fsp3) is 0.158. The molecular formula is C19H19N3O3S2. The Morgan fingerprint density at radius 3 is 2.67 bits per heavy atom. The third-order valence-electron chi connectivity index (χ3n) is 3.88. The molecule has 0 radical (unpaired) electrons. The number of aromatic nitrogens is 1. The summed E-state index contributed by atoms with van der Waals surface area (Å²) in [5, 5.41) is 4.84. The van der Waals surface area contributed by atoms with E-state index in [1.165, 1.54) is 17.4 Å². The van der Waals surface area contributed by atoms with Crippen molar-refractivity contribution in [1.82, 2.24) is 9.29 Å². The first-order valence-corrected chi connectivity index (χ1v) is 10.5. The number of sulfonamides is 1. The Morgan fingerprint density at radius 1 is 1.26 bits per heavy atom. The van der Waals surface area contributed by atoms with Gasteiger partial charge in [0.05, 0.1) is 11.4 Å². The Balaban J connectivity index is 1.84. The molecule has 1 amide bonds. The lowest BCUT2D eigenvalue weighted by Crippen LogP contribution is -2.38. The molecule has 0 spiro atoms. The maximum Gasteiger partial charge on any atom is 0.243 e. The molecule has 27 heavy (non-hydrogen) atoms. The average molecular weight is 402 g/mol. The highest BCUT2D eigenvalue weighted by Crippen LogP contribution is 2.22. The number of nitrogens with zero attached hydrogens (tertiary/aromatic N) is 2. The zero-order chi connectivity index (χ0) is 19.4. The highest BCUT2D eigenvalue weighted by atomic mass is 32.2. The minimum atomic E-state index is -3.85. The lowest BCUT2D eigenvalue weighted by atomic mass is 10.1. The summed E-state index contributed by atoms with van der Waals surface area (Å²) in [6, 6.07) is 12.4. The standard InChI is InChI=1S/C19H19N3O3S2/c1-3-10-22(13-18(23)21-19-20-12-14(2)26-19)27(24,25)17-9-8-15-6-4-5-7-16(15)11-17/h3-9,11-12H,1,10,13H2,2H3,(H,20,21,23). The summed E-state index contributed by atoms with van der Waals surface area (Å²) in [7, 11) is -3.85. The largest absolute Gasteiger partial charge is 0.301 e. The Morgan fingerprint density at radius 2 is 2.00 bits per heavy atom. The van der Waals surface area contributed by atoms with Crippen molar-refractivity contribution in [1.29, 1.82) is 0 Å². The van der Waals surface area contributed by atoms with E-state index in [1.807, 2.05) is 31.2 Å². The molecule has 0 atom stereocenters. The lowest BCUT2D eigenvalue weighted by Gasteiger charge is -2.20. The van der Waals surface area contributed by atoms with Crippen molar-refractivity contribution in [3.05, 3.63) is 66.2 Å². The van der Waals surface area contributed by atoms with Gasteiger partial charge in [-0.3, -0.25) is 4.79 Å². The number of aryl methyl sites for hydroxylation is 1. The van der Waals surface area contributed by atoms with E-state index in [0.29, 0.717) is 5.13 Å². The van der Waals surface area contributed by atoms with Crippen molar-refractivity contribution in [2.24, 2.45) is 0 Å². The van der Waals surface area contributed by atoms with Crippen LogP contribution < -0.4 is 5.32 Å². The van der Waals surface area contributed by atoms with E-state index in [1.54, 1.807) is 24.4 Å². The summed E-state index contributed by atoms with van der Waals surface area (Å²) >= 11 is 1.33. The summed E-state index contributed by atoms with van der Waals surface area (Å²) in [6.07, 6.45) is 3.10. The van der Waals surface area contributed by atoms with Gasteiger partial charge in [-0.1, -0.05) is 36.4 Å². The Hall–Kier alpha value is -2.55. The average Bonchev–Trinajstić information content (AvgIpc) is 3.05. The number of hydrogen-bond donors (Lipinski definition) is 1. The maximum absolute atomic E-state index is 13.0. The SMILES string of the molecule is C=CCN(CC(=O)Nc1ncc(C)s1)S(=O)(=O)c1ccc2ccccc2c1. The van der Waals surface area contributed by atoms with Gasteiger partial charge in [0.2, 0.25) is 15.9 Å². The van der Waals surface area contributed by atoms with Gasteiger partial charge in [-0.2, -0.15) is 4.31 Å². The van der Waals surface area contributed by atoms with Crippen LogP contribution in [0.4, 0.5) is 5.13 Å². The Bertz CT molecular complexity index is 1090. The van der Waals surface area contributed by atoms with Gasteiger partial charge in [-0.05, 0) is 29.8 Å². The number of anilines is 1. The number of hydrogen-bond acceptors (Lipinski definition) is 5. The number of amides is 1. The predicted octanol–water partition coefficient (Wildman–Crippen LogP) is 3.42. The molecule has 3 rings (SSSR count). The molecule has 0 bridgehead atoms. The van der Waals surface area contributed by atoms with Crippen molar-refractivity contribution >= 4 is 43.2 Å². The summed E-state index contributed by atoms with van der Waals surface area (Å²) in [6.45, 7) is 5.19. The van der Waals surface area contributed by atoms with E-state index in [4.69, 9.17) is 0 Å². The van der Waals surface area contributed by atoms with Crippen molar-refractivity contribution in [2.75, 3.05) is 18.4 Å². The zero-order valence-corrected chi connectivity index (χ0v) is 16.4. The number of benzene rings is 2. The van der Waals surface area contributed by atoms with Gasteiger partial charge < -0.3 is 5.32 Å². The summed E-state index contributed by atoms with van der Waals surface area (Å²) in [4.78, 5) is 17.5. The van der Waals surface area contributed by atoms with Crippen LogP contribution in [0.2, 0.25) is 0 Å². The van der Waals surface area contributed by atoms with Crippen LogP contribution >= 0.6 is 11.3 Å². The second kappa shape index (κ2) is 7.99. The monoisotopic (exact) mass is 401 g/mol. The molecule has 2 aromatic carbocycles. The lowest BCUT2D eigenvalue weighted by molar-refractivity contribution is -0.116. The smallest absolute Gasteiger partial charge is 0.243 e. The summed E-state index contributed by atoms with van der Waals surface area (Å²) in [5.41, 5.74) is 0. The van der Waals surface area contributed by atoms with Crippen molar-refractivity contribution in [3.63, 3.8) is 0 Å². The predicted molar refractivity (Wildman–Crippen MR) is 108 cm³/mol. The number of carbonyl (C=O) groups excluding carboxylic acids is 1. The first-order chi connectivity index (χ1) is 12.9. The number of carbonyl (C=O) groups is 1. The zero-order valence-electron chi connectivity index (χ0n) is 14.8. The molecule has 0 aliphatic carbocycles. The van der Waals surface area contributed by atoms with E-state index >= 15 is 0 Å². The molecule has 6 nitrogen and oxygen atoms in total. The topological polar surface area (TPSA) is 79.4 Å². The maximum atomic E-state index is 13.0. The van der Waals surface area contributed by atoms with E-state index in [0.717, 1.165) is 20.0 Å².